The van der Waals surface area contributed by atoms with Crippen LogP contribution in [0.2, 0.25) is 0 Å². The van der Waals surface area contributed by atoms with E-state index in [9.17, 15) is 4.79 Å². The quantitative estimate of drug-likeness (QED) is 0.376. The Kier molecular flexibility index (Phi) is 11.5. The molecule has 1 amide bonds. The normalized spacial score (nSPS) is 18.1. The van der Waals surface area contributed by atoms with Gasteiger partial charge >= 0.3 is 0 Å². The van der Waals surface area contributed by atoms with Gasteiger partial charge in [-0.25, -0.2) is 0 Å². The summed E-state index contributed by atoms with van der Waals surface area (Å²) in [6.45, 7) is 4.59. The van der Waals surface area contributed by atoms with Crippen LogP contribution in [-0.4, -0.2) is 86.0 Å². The van der Waals surface area contributed by atoms with E-state index in [-0.39, 0.29) is 11.9 Å². The molecule has 1 aliphatic carbocycles. The molecule has 0 unspecified atom stereocenters. The summed E-state index contributed by atoms with van der Waals surface area (Å²) in [4.78, 5) is 17.5. The average Bonchev–Trinajstić information content (AvgIpc) is 3.34. The summed E-state index contributed by atoms with van der Waals surface area (Å²) in [7, 11) is 5.81. The number of hydrogen-bond acceptors (Lipinski definition) is 6. The molecule has 1 aromatic carbocycles. The number of amides is 1. The van der Waals surface area contributed by atoms with Crippen LogP contribution in [0.25, 0.3) is 0 Å². The molecule has 2 aromatic rings. The number of carbonyl (C=O) groups excluding carboxylic acids is 1. The van der Waals surface area contributed by atoms with Crippen LogP contribution in [0.4, 0.5) is 0 Å². The molecule has 1 aliphatic rings. The third-order valence-corrected chi connectivity index (χ3v) is 6.86. The van der Waals surface area contributed by atoms with Crippen LogP contribution >= 0.6 is 0 Å². The van der Waals surface area contributed by atoms with Gasteiger partial charge < -0.3 is 24.6 Å². The second-order valence-corrected chi connectivity index (χ2v) is 9.49. The van der Waals surface area contributed by atoms with Crippen LogP contribution in [0, 0.1) is 0 Å². The number of hydrogen-bond donors (Lipinski definition) is 2. The molecule has 0 bridgehead atoms. The summed E-state index contributed by atoms with van der Waals surface area (Å²) in [6, 6.07) is 10.1. The zero-order valence-corrected chi connectivity index (χ0v) is 21.7. The van der Waals surface area contributed by atoms with Gasteiger partial charge in [0, 0.05) is 63.5 Å². The van der Waals surface area contributed by atoms with Gasteiger partial charge in [0.15, 0.2) is 0 Å². The highest BCUT2D eigenvalue weighted by Gasteiger charge is 2.31. The van der Waals surface area contributed by atoms with Gasteiger partial charge in [-0.2, -0.15) is 5.10 Å². The van der Waals surface area contributed by atoms with Crippen molar-refractivity contribution >= 4 is 5.91 Å². The third kappa shape index (κ3) is 8.63. The molecule has 1 aromatic heterocycles. The highest BCUT2D eigenvalue weighted by atomic mass is 16.5. The van der Waals surface area contributed by atoms with E-state index in [1.54, 1.807) is 7.11 Å². The number of para-hydroxylation sites is 1. The summed E-state index contributed by atoms with van der Waals surface area (Å²) in [5.41, 5.74) is 2.49. The fourth-order valence-electron chi connectivity index (χ4n) is 4.94. The van der Waals surface area contributed by atoms with Gasteiger partial charge in [-0.1, -0.05) is 18.2 Å². The lowest BCUT2D eigenvalue weighted by atomic mass is 9.82. The molecule has 8 heteroatoms. The van der Waals surface area contributed by atoms with Gasteiger partial charge in [0.05, 0.1) is 12.2 Å². The van der Waals surface area contributed by atoms with Crippen molar-refractivity contribution in [2.75, 3.05) is 54.1 Å². The minimum absolute atomic E-state index is 0.203. The van der Waals surface area contributed by atoms with Gasteiger partial charge in [0.1, 0.15) is 12.4 Å². The predicted octanol–water partition coefficient (Wildman–Crippen LogP) is 3.42. The largest absolute Gasteiger partial charge is 0.492 e. The predicted molar refractivity (Wildman–Crippen MR) is 139 cm³/mol. The van der Waals surface area contributed by atoms with E-state index in [0.717, 1.165) is 57.5 Å². The molecule has 0 radical (unpaired) electrons. The summed E-state index contributed by atoms with van der Waals surface area (Å²) < 4.78 is 11.1. The van der Waals surface area contributed by atoms with E-state index in [0.29, 0.717) is 32.1 Å². The molecular formula is C27H43N5O3. The summed E-state index contributed by atoms with van der Waals surface area (Å²) in [5, 5.41) is 10.9. The Morgan fingerprint density at radius 2 is 1.91 bits per heavy atom. The second-order valence-electron chi connectivity index (χ2n) is 9.49. The SMILES string of the molecule is CNCCN(C)Cc1c[nH]nc1[C@H]1CC[C@@H](N(CCOc2ccccc2)C(=O)CCCOC)CC1. The van der Waals surface area contributed by atoms with Gasteiger partial charge in [-0.3, -0.25) is 9.89 Å². The van der Waals surface area contributed by atoms with E-state index < -0.39 is 0 Å². The Bertz CT molecular complexity index is 852. The number of carbonyl (C=O) groups is 1. The Morgan fingerprint density at radius 3 is 2.63 bits per heavy atom. The number of aromatic amines is 1. The van der Waals surface area contributed by atoms with Crippen LogP contribution < -0.4 is 10.1 Å². The Labute approximate surface area is 210 Å². The molecule has 0 saturated heterocycles. The van der Waals surface area contributed by atoms with E-state index in [2.05, 4.69) is 32.4 Å². The number of likely N-dealkylation sites (N-methyl/N-ethyl adjacent to an activating group) is 2. The van der Waals surface area contributed by atoms with Crippen molar-refractivity contribution in [3.05, 3.63) is 47.8 Å². The van der Waals surface area contributed by atoms with Crippen molar-refractivity contribution in [3.8, 4) is 5.75 Å². The van der Waals surface area contributed by atoms with Crippen molar-refractivity contribution < 1.29 is 14.3 Å². The van der Waals surface area contributed by atoms with E-state index >= 15 is 0 Å². The van der Waals surface area contributed by atoms with Gasteiger partial charge in [-0.15, -0.1) is 0 Å². The molecule has 35 heavy (non-hydrogen) atoms. The molecular weight excluding hydrogens is 442 g/mol. The van der Waals surface area contributed by atoms with Gasteiger partial charge in [0.2, 0.25) is 5.91 Å². The molecule has 0 atom stereocenters. The smallest absolute Gasteiger partial charge is 0.223 e. The monoisotopic (exact) mass is 485 g/mol. The molecule has 1 saturated carbocycles. The number of benzene rings is 1. The van der Waals surface area contributed by atoms with Crippen LogP contribution in [-0.2, 0) is 16.1 Å². The molecule has 0 aliphatic heterocycles. The summed E-state index contributed by atoms with van der Waals surface area (Å²) in [5.74, 6) is 1.48. The highest BCUT2D eigenvalue weighted by molar-refractivity contribution is 5.76. The molecule has 194 valence electrons. The fraction of sp³-hybridized carbons (Fsp3) is 0.630. The van der Waals surface area contributed by atoms with Crippen LogP contribution in [0.1, 0.15) is 55.7 Å². The third-order valence-electron chi connectivity index (χ3n) is 6.86. The zero-order valence-electron chi connectivity index (χ0n) is 21.7. The molecule has 0 spiro atoms. The van der Waals surface area contributed by atoms with Crippen molar-refractivity contribution in [2.24, 2.45) is 0 Å². The van der Waals surface area contributed by atoms with Gasteiger partial charge in [-0.05, 0) is 58.3 Å². The molecule has 1 heterocycles. The van der Waals surface area contributed by atoms with Crippen LogP contribution in [0.5, 0.6) is 5.75 Å². The minimum atomic E-state index is 0.203. The first-order valence-corrected chi connectivity index (χ1v) is 12.9. The first-order valence-electron chi connectivity index (χ1n) is 12.9. The number of methoxy groups -OCH3 is 1. The molecule has 1 fully saturated rings. The average molecular weight is 486 g/mol. The maximum absolute atomic E-state index is 13.1. The van der Waals surface area contributed by atoms with Crippen LogP contribution in [0.3, 0.4) is 0 Å². The zero-order chi connectivity index (χ0) is 24.9. The van der Waals surface area contributed by atoms with Crippen molar-refractivity contribution in [3.63, 3.8) is 0 Å². The van der Waals surface area contributed by atoms with Crippen molar-refractivity contribution in [1.29, 1.82) is 0 Å². The summed E-state index contributed by atoms with van der Waals surface area (Å²) >= 11 is 0. The number of ether oxygens (including phenoxy) is 2. The topological polar surface area (TPSA) is 82.7 Å². The molecule has 3 rings (SSSR count). The Hall–Kier alpha value is -2.42. The summed E-state index contributed by atoms with van der Waals surface area (Å²) in [6.07, 6.45) is 7.39. The van der Waals surface area contributed by atoms with Gasteiger partial charge in [0.25, 0.3) is 0 Å². The number of nitrogens with one attached hydrogen (secondary N) is 2. The second kappa shape index (κ2) is 14.9. The van der Waals surface area contributed by atoms with E-state index in [4.69, 9.17) is 9.47 Å². The standard InChI is InChI=1S/C27H43N5O3/c1-28-15-16-31(2)21-23-20-29-30-27(23)22-11-13-24(14-12-22)32(26(33)10-7-18-34-3)17-19-35-25-8-5-4-6-9-25/h4-6,8-9,20,22,24,28H,7,10-19,21H2,1-3H3,(H,29,30)/t22-,24+. The Morgan fingerprint density at radius 1 is 1.14 bits per heavy atom. The highest BCUT2D eigenvalue weighted by Crippen LogP contribution is 2.35. The first-order chi connectivity index (χ1) is 17.1. The lowest BCUT2D eigenvalue weighted by molar-refractivity contribution is -0.135. The first kappa shape index (κ1) is 27.2. The maximum atomic E-state index is 13.1. The lowest BCUT2D eigenvalue weighted by Crippen LogP contribution is -2.44. The van der Waals surface area contributed by atoms with E-state index in [1.807, 2.05) is 43.6 Å². The Balaban J connectivity index is 1.56. The number of rotatable bonds is 15. The number of H-pyrrole nitrogens is 1. The fourth-order valence-corrected chi connectivity index (χ4v) is 4.94. The minimum Gasteiger partial charge on any atom is -0.492 e. The lowest BCUT2D eigenvalue weighted by Gasteiger charge is -2.37. The van der Waals surface area contributed by atoms with Crippen molar-refractivity contribution in [1.82, 2.24) is 25.3 Å². The van der Waals surface area contributed by atoms with E-state index in [1.165, 1.54) is 11.3 Å². The van der Waals surface area contributed by atoms with Crippen LogP contribution in [0.15, 0.2) is 36.5 Å². The number of nitrogens with zero attached hydrogens (tertiary/aromatic N) is 3. The molecule has 2 N–H and O–H groups in total. The maximum Gasteiger partial charge on any atom is 0.223 e. The van der Waals surface area contributed by atoms with Crippen molar-refractivity contribution in [2.45, 2.75) is 57.0 Å². The molecule has 8 nitrogen and oxygen atoms in total. The number of aromatic nitrogens is 2.